The third-order valence-corrected chi connectivity index (χ3v) is 3.61. The number of urea groups is 1. The van der Waals surface area contributed by atoms with Gasteiger partial charge in [0.2, 0.25) is 0 Å². The summed E-state index contributed by atoms with van der Waals surface area (Å²) in [6.07, 6.45) is 4.67. The second-order valence-corrected chi connectivity index (χ2v) is 5.03. The fourth-order valence-electron chi connectivity index (χ4n) is 1.86. The summed E-state index contributed by atoms with van der Waals surface area (Å²) >= 11 is 1.99. The fourth-order valence-corrected chi connectivity index (χ4v) is 3.04. The van der Waals surface area contributed by atoms with Crippen molar-refractivity contribution in [2.24, 2.45) is 5.73 Å². The minimum Gasteiger partial charge on any atom is -0.352 e. The van der Waals surface area contributed by atoms with Crippen molar-refractivity contribution in [2.75, 3.05) is 5.75 Å². The molecule has 0 aromatic rings. The van der Waals surface area contributed by atoms with Gasteiger partial charge < -0.3 is 11.1 Å². The topological polar surface area (TPSA) is 55.1 Å². The van der Waals surface area contributed by atoms with Crippen molar-refractivity contribution in [3.8, 4) is 0 Å². The summed E-state index contributed by atoms with van der Waals surface area (Å²) in [5, 5.41) is 3.51. The standard InChI is InChI=1S/C9H18N2OS/c1-2-13-8-5-3-4-7(6-8)11-9(10)12/h7-8H,2-6H2,1H3,(H3,10,11,12). The van der Waals surface area contributed by atoms with Gasteiger partial charge in [0, 0.05) is 11.3 Å². The lowest BCUT2D eigenvalue weighted by Gasteiger charge is -2.28. The Morgan fingerprint density at radius 2 is 2.38 bits per heavy atom. The van der Waals surface area contributed by atoms with Gasteiger partial charge in [0.15, 0.2) is 0 Å². The fraction of sp³-hybridized carbons (Fsp3) is 0.889. The SMILES string of the molecule is CCSC1CCCC(NC(N)=O)C1. The maximum Gasteiger partial charge on any atom is 0.312 e. The van der Waals surface area contributed by atoms with Crippen LogP contribution in [0.3, 0.4) is 0 Å². The first-order valence-corrected chi connectivity index (χ1v) is 5.94. The van der Waals surface area contributed by atoms with Crippen LogP contribution < -0.4 is 11.1 Å². The van der Waals surface area contributed by atoms with E-state index < -0.39 is 0 Å². The Labute approximate surface area is 83.8 Å². The molecular formula is C9H18N2OS. The van der Waals surface area contributed by atoms with Crippen molar-refractivity contribution >= 4 is 17.8 Å². The summed E-state index contributed by atoms with van der Waals surface area (Å²) < 4.78 is 0. The Morgan fingerprint density at radius 3 is 3.00 bits per heavy atom. The number of carbonyl (C=O) groups is 1. The van der Waals surface area contributed by atoms with Crippen molar-refractivity contribution in [3.63, 3.8) is 0 Å². The van der Waals surface area contributed by atoms with Crippen molar-refractivity contribution in [3.05, 3.63) is 0 Å². The molecule has 2 atom stereocenters. The molecule has 0 radical (unpaired) electrons. The Bertz CT molecular complexity index is 173. The number of nitrogens with two attached hydrogens (primary N) is 1. The van der Waals surface area contributed by atoms with E-state index in [0.717, 1.165) is 23.8 Å². The molecule has 4 heteroatoms. The summed E-state index contributed by atoms with van der Waals surface area (Å²) in [5.41, 5.74) is 5.09. The summed E-state index contributed by atoms with van der Waals surface area (Å²) in [6, 6.07) is -0.0672. The van der Waals surface area contributed by atoms with E-state index in [1.165, 1.54) is 12.8 Å². The highest BCUT2D eigenvalue weighted by molar-refractivity contribution is 7.99. The van der Waals surface area contributed by atoms with Crippen LogP contribution >= 0.6 is 11.8 Å². The Kier molecular flexibility index (Phi) is 4.42. The van der Waals surface area contributed by atoms with Gasteiger partial charge in [-0.3, -0.25) is 0 Å². The highest BCUT2D eigenvalue weighted by Gasteiger charge is 2.22. The molecule has 0 heterocycles. The number of hydrogen-bond donors (Lipinski definition) is 2. The molecule has 1 aliphatic carbocycles. The van der Waals surface area contributed by atoms with Gasteiger partial charge in [-0.2, -0.15) is 11.8 Å². The summed E-state index contributed by atoms with van der Waals surface area (Å²) in [5.74, 6) is 1.16. The molecule has 0 bridgehead atoms. The van der Waals surface area contributed by atoms with Crippen molar-refractivity contribution in [2.45, 2.75) is 43.9 Å². The molecule has 1 aliphatic rings. The zero-order valence-electron chi connectivity index (χ0n) is 8.08. The first-order valence-electron chi connectivity index (χ1n) is 4.90. The average Bonchev–Trinajstić information content (AvgIpc) is 2.04. The van der Waals surface area contributed by atoms with Crippen LogP contribution in [0.5, 0.6) is 0 Å². The van der Waals surface area contributed by atoms with E-state index in [1.807, 2.05) is 11.8 Å². The number of primary amides is 1. The van der Waals surface area contributed by atoms with Crippen LogP contribution in [0.25, 0.3) is 0 Å². The summed E-state index contributed by atoms with van der Waals surface area (Å²) in [4.78, 5) is 10.6. The molecule has 1 saturated carbocycles. The van der Waals surface area contributed by atoms with Gasteiger partial charge in [0.05, 0.1) is 0 Å². The summed E-state index contributed by atoms with van der Waals surface area (Å²) in [7, 11) is 0. The zero-order chi connectivity index (χ0) is 9.68. The number of nitrogens with one attached hydrogen (secondary N) is 1. The molecule has 0 aliphatic heterocycles. The Hall–Kier alpha value is -0.380. The van der Waals surface area contributed by atoms with E-state index in [0.29, 0.717) is 6.04 Å². The maximum absolute atomic E-state index is 10.6. The lowest BCUT2D eigenvalue weighted by molar-refractivity contribution is 0.241. The van der Waals surface area contributed by atoms with Crippen LogP contribution in [0, 0.1) is 0 Å². The smallest absolute Gasteiger partial charge is 0.312 e. The Morgan fingerprint density at radius 1 is 1.62 bits per heavy atom. The van der Waals surface area contributed by atoms with Crippen LogP contribution in [0.1, 0.15) is 32.6 Å². The molecule has 0 saturated heterocycles. The molecule has 2 unspecified atom stereocenters. The number of carbonyl (C=O) groups excluding carboxylic acids is 1. The minimum atomic E-state index is -0.382. The van der Waals surface area contributed by atoms with Crippen LogP contribution in [0.4, 0.5) is 4.79 Å². The lowest BCUT2D eigenvalue weighted by Crippen LogP contribution is -2.41. The van der Waals surface area contributed by atoms with E-state index in [-0.39, 0.29) is 6.03 Å². The molecule has 3 N–H and O–H groups in total. The largest absolute Gasteiger partial charge is 0.352 e. The first kappa shape index (κ1) is 10.7. The normalized spacial score (nSPS) is 28.4. The highest BCUT2D eigenvalue weighted by atomic mass is 32.2. The Balaban J connectivity index is 2.28. The molecule has 3 nitrogen and oxygen atoms in total. The van der Waals surface area contributed by atoms with Gasteiger partial charge in [-0.15, -0.1) is 0 Å². The molecule has 76 valence electrons. The van der Waals surface area contributed by atoms with Gasteiger partial charge in [-0.05, 0) is 25.0 Å². The molecular weight excluding hydrogens is 184 g/mol. The van der Waals surface area contributed by atoms with Crippen molar-refractivity contribution in [1.29, 1.82) is 0 Å². The number of rotatable bonds is 3. The van der Waals surface area contributed by atoms with Crippen molar-refractivity contribution in [1.82, 2.24) is 5.32 Å². The third-order valence-electron chi connectivity index (χ3n) is 2.37. The van der Waals surface area contributed by atoms with Crippen LogP contribution in [0.15, 0.2) is 0 Å². The van der Waals surface area contributed by atoms with E-state index in [1.54, 1.807) is 0 Å². The molecule has 1 fully saturated rings. The van der Waals surface area contributed by atoms with Gasteiger partial charge >= 0.3 is 6.03 Å². The molecule has 0 aromatic heterocycles. The van der Waals surface area contributed by atoms with E-state index >= 15 is 0 Å². The molecule has 2 amide bonds. The van der Waals surface area contributed by atoms with E-state index in [2.05, 4.69) is 12.2 Å². The quantitative estimate of drug-likeness (QED) is 0.732. The highest BCUT2D eigenvalue weighted by Crippen LogP contribution is 2.28. The summed E-state index contributed by atoms with van der Waals surface area (Å²) in [6.45, 7) is 2.18. The first-order chi connectivity index (χ1) is 6.22. The van der Waals surface area contributed by atoms with Gasteiger partial charge in [-0.25, -0.2) is 4.79 Å². The van der Waals surface area contributed by atoms with Gasteiger partial charge in [-0.1, -0.05) is 13.3 Å². The molecule has 13 heavy (non-hydrogen) atoms. The average molecular weight is 202 g/mol. The van der Waals surface area contributed by atoms with Gasteiger partial charge in [0.1, 0.15) is 0 Å². The predicted octanol–water partition coefficient (Wildman–Crippen LogP) is 1.72. The van der Waals surface area contributed by atoms with Crippen LogP contribution in [0.2, 0.25) is 0 Å². The third kappa shape index (κ3) is 3.89. The van der Waals surface area contributed by atoms with Gasteiger partial charge in [0.25, 0.3) is 0 Å². The van der Waals surface area contributed by atoms with E-state index in [9.17, 15) is 4.79 Å². The molecule has 1 rings (SSSR count). The predicted molar refractivity (Wildman–Crippen MR) is 56.9 cm³/mol. The second kappa shape index (κ2) is 5.37. The second-order valence-electron chi connectivity index (χ2n) is 3.45. The maximum atomic E-state index is 10.6. The molecule has 0 spiro atoms. The number of amides is 2. The van der Waals surface area contributed by atoms with Crippen LogP contribution in [-0.2, 0) is 0 Å². The van der Waals surface area contributed by atoms with E-state index in [4.69, 9.17) is 5.73 Å². The van der Waals surface area contributed by atoms with Crippen molar-refractivity contribution < 1.29 is 4.79 Å². The number of thioether (sulfide) groups is 1. The zero-order valence-corrected chi connectivity index (χ0v) is 8.90. The number of hydrogen-bond acceptors (Lipinski definition) is 2. The monoisotopic (exact) mass is 202 g/mol. The molecule has 0 aromatic carbocycles. The minimum absolute atomic E-state index is 0.315. The van der Waals surface area contributed by atoms with Crippen LogP contribution in [-0.4, -0.2) is 23.1 Å². The lowest BCUT2D eigenvalue weighted by atomic mass is 9.95.